The molecule has 0 aliphatic carbocycles. The molecule has 3 heterocycles. The van der Waals surface area contributed by atoms with Crippen molar-refractivity contribution in [3.8, 4) is 0 Å². The number of nitrogens with zero attached hydrogens (tertiary/aromatic N) is 4. The molecular formula is C16H20N4O2. The van der Waals surface area contributed by atoms with Crippen molar-refractivity contribution in [1.29, 1.82) is 0 Å². The van der Waals surface area contributed by atoms with E-state index in [0.29, 0.717) is 13.2 Å². The summed E-state index contributed by atoms with van der Waals surface area (Å²) in [5.41, 5.74) is 2.56. The predicted molar refractivity (Wildman–Crippen MR) is 83.6 cm³/mol. The molecule has 1 fully saturated rings. The molecule has 1 aliphatic rings. The van der Waals surface area contributed by atoms with Gasteiger partial charge in [0.05, 0.1) is 18.0 Å². The number of rotatable bonds is 3. The molecule has 6 nitrogen and oxygen atoms in total. The zero-order valence-corrected chi connectivity index (χ0v) is 13.0. The lowest BCUT2D eigenvalue weighted by Crippen LogP contribution is -2.40. The van der Waals surface area contributed by atoms with Gasteiger partial charge in [-0.05, 0) is 38.8 Å². The summed E-state index contributed by atoms with van der Waals surface area (Å²) in [6.45, 7) is 5.71. The van der Waals surface area contributed by atoms with Crippen LogP contribution in [0.2, 0.25) is 0 Å². The zero-order chi connectivity index (χ0) is 15.5. The lowest BCUT2D eigenvalue weighted by Gasteiger charge is -2.32. The maximum absolute atomic E-state index is 12.0. The van der Waals surface area contributed by atoms with Gasteiger partial charge in [-0.2, -0.15) is 0 Å². The molecule has 22 heavy (non-hydrogen) atoms. The van der Waals surface area contributed by atoms with Crippen molar-refractivity contribution in [1.82, 2.24) is 15.0 Å². The van der Waals surface area contributed by atoms with Crippen molar-refractivity contribution in [3.05, 3.63) is 24.2 Å². The summed E-state index contributed by atoms with van der Waals surface area (Å²) in [4.78, 5) is 27.4. The molecule has 1 unspecified atom stereocenters. The first-order valence-electron chi connectivity index (χ1n) is 7.69. The lowest BCUT2D eigenvalue weighted by molar-refractivity contribution is -0.148. The fourth-order valence-corrected chi connectivity index (χ4v) is 2.88. The number of aryl methyl sites for hydroxylation is 1. The summed E-state index contributed by atoms with van der Waals surface area (Å²) in [7, 11) is 0. The molecule has 0 amide bonds. The number of hydrogen-bond donors (Lipinski definition) is 0. The van der Waals surface area contributed by atoms with E-state index in [4.69, 9.17) is 4.74 Å². The Morgan fingerprint density at radius 2 is 2.27 bits per heavy atom. The van der Waals surface area contributed by atoms with E-state index in [1.165, 1.54) is 0 Å². The molecule has 0 radical (unpaired) electrons. The highest BCUT2D eigenvalue weighted by molar-refractivity contribution is 5.85. The van der Waals surface area contributed by atoms with Gasteiger partial charge in [-0.3, -0.25) is 4.79 Å². The maximum Gasteiger partial charge on any atom is 0.310 e. The second kappa shape index (κ2) is 6.25. The van der Waals surface area contributed by atoms with E-state index in [9.17, 15) is 4.79 Å². The Labute approximate surface area is 129 Å². The van der Waals surface area contributed by atoms with Crippen LogP contribution in [0.5, 0.6) is 0 Å². The molecule has 1 atom stereocenters. The minimum Gasteiger partial charge on any atom is -0.466 e. The number of piperidine rings is 1. The first kappa shape index (κ1) is 14.7. The monoisotopic (exact) mass is 300 g/mol. The van der Waals surface area contributed by atoms with Crippen LogP contribution in [0.15, 0.2) is 18.5 Å². The number of hydrogen-bond acceptors (Lipinski definition) is 6. The van der Waals surface area contributed by atoms with Crippen LogP contribution in [0.3, 0.4) is 0 Å². The average Bonchev–Trinajstić information content (AvgIpc) is 2.54. The fourth-order valence-electron chi connectivity index (χ4n) is 2.88. The van der Waals surface area contributed by atoms with Crippen LogP contribution < -0.4 is 4.90 Å². The normalized spacial score (nSPS) is 18.5. The summed E-state index contributed by atoms with van der Waals surface area (Å²) < 4.78 is 5.16. The molecule has 1 aliphatic heterocycles. The first-order chi connectivity index (χ1) is 10.7. The largest absolute Gasteiger partial charge is 0.466 e. The third-order valence-electron chi connectivity index (χ3n) is 3.94. The molecule has 2 aromatic rings. The van der Waals surface area contributed by atoms with Crippen molar-refractivity contribution in [3.63, 3.8) is 0 Å². The Kier molecular flexibility index (Phi) is 4.18. The van der Waals surface area contributed by atoms with Gasteiger partial charge in [-0.25, -0.2) is 15.0 Å². The van der Waals surface area contributed by atoms with Crippen LogP contribution in [0.1, 0.15) is 25.5 Å². The van der Waals surface area contributed by atoms with Crippen molar-refractivity contribution in [2.24, 2.45) is 5.92 Å². The summed E-state index contributed by atoms with van der Waals surface area (Å²) in [6, 6.07) is 3.90. The van der Waals surface area contributed by atoms with Crippen LogP contribution in [-0.4, -0.2) is 40.6 Å². The molecule has 0 saturated carbocycles. The third kappa shape index (κ3) is 2.86. The summed E-state index contributed by atoms with van der Waals surface area (Å²) in [5.74, 6) is 0.598. The van der Waals surface area contributed by atoms with Gasteiger partial charge in [0.25, 0.3) is 0 Å². The fraction of sp³-hybridized carbons (Fsp3) is 0.500. The number of fused-ring (bicyclic) bond motifs is 1. The van der Waals surface area contributed by atoms with Crippen LogP contribution in [0.25, 0.3) is 11.0 Å². The van der Waals surface area contributed by atoms with E-state index in [1.807, 2.05) is 26.0 Å². The van der Waals surface area contributed by atoms with Crippen molar-refractivity contribution >= 4 is 22.8 Å². The van der Waals surface area contributed by atoms with Crippen molar-refractivity contribution in [2.75, 3.05) is 24.6 Å². The van der Waals surface area contributed by atoms with Gasteiger partial charge in [-0.1, -0.05) is 0 Å². The van der Waals surface area contributed by atoms with E-state index in [1.54, 1.807) is 6.33 Å². The molecule has 0 bridgehead atoms. The van der Waals surface area contributed by atoms with E-state index < -0.39 is 0 Å². The van der Waals surface area contributed by atoms with Crippen molar-refractivity contribution < 1.29 is 9.53 Å². The maximum atomic E-state index is 12.0. The Morgan fingerprint density at radius 3 is 3.09 bits per heavy atom. The molecule has 3 rings (SSSR count). The van der Waals surface area contributed by atoms with Gasteiger partial charge in [0, 0.05) is 18.8 Å². The van der Waals surface area contributed by atoms with Crippen LogP contribution in [0, 0.1) is 12.8 Å². The van der Waals surface area contributed by atoms with Crippen LogP contribution in [-0.2, 0) is 9.53 Å². The molecule has 6 heteroatoms. The number of anilines is 1. The molecule has 0 N–H and O–H groups in total. The Bertz CT molecular complexity index is 689. The second-order valence-electron chi connectivity index (χ2n) is 5.55. The minimum atomic E-state index is -0.116. The number of carbonyl (C=O) groups excluding carboxylic acids is 1. The lowest BCUT2D eigenvalue weighted by atomic mass is 9.98. The SMILES string of the molecule is CCOC(=O)C1CCCN(c2ncnc3ccc(C)nc23)C1. The highest BCUT2D eigenvalue weighted by atomic mass is 16.5. The molecule has 0 aromatic carbocycles. The highest BCUT2D eigenvalue weighted by Crippen LogP contribution is 2.27. The number of esters is 1. The Balaban J connectivity index is 1.90. The van der Waals surface area contributed by atoms with E-state index >= 15 is 0 Å². The van der Waals surface area contributed by atoms with Crippen molar-refractivity contribution in [2.45, 2.75) is 26.7 Å². The van der Waals surface area contributed by atoms with Gasteiger partial charge >= 0.3 is 5.97 Å². The smallest absolute Gasteiger partial charge is 0.310 e. The van der Waals surface area contributed by atoms with Gasteiger partial charge in [0.1, 0.15) is 11.8 Å². The second-order valence-corrected chi connectivity index (χ2v) is 5.55. The van der Waals surface area contributed by atoms with Crippen LogP contribution >= 0.6 is 0 Å². The summed E-state index contributed by atoms with van der Waals surface area (Å²) in [5, 5.41) is 0. The third-order valence-corrected chi connectivity index (χ3v) is 3.94. The Morgan fingerprint density at radius 1 is 1.41 bits per heavy atom. The number of aromatic nitrogens is 3. The quantitative estimate of drug-likeness (QED) is 0.809. The van der Waals surface area contributed by atoms with E-state index in [2.05, 4.69) is 19.9 Å². The first-order valence-corrected chi connectivity index (χ1v) is 7.69. The average molecular weight is 300 g/mol. The number of carbonyl (C=O) groups is 1. The topological polar surface area (TPSA) is 68.2 Å². The van der Waals surface area contributed by atoms with Gasteiger partial charge in [0.15, 0.2) is 5.82 Å². The van der Waals surface area contributed by atoms with Gasteiger partial charge < -0.3 is 9.64 Å². The van der Waals surface area contributed by atoms with Crippen LogP contribution in [0.4, 0.5) is 5.82 Å². The van der Waals surface area contributed by atoms with E-state index in [0.717, 1.165) is 41.9 Å². The molecule has 2 aromatic heterocycles. The number of pyridine rings is 1. The Hall–Kier alpha value is -2.24. The standard InChI is InChI=1S/C16H20N4O2/c1-3-22-16(21)12-5-4-8-20(9-12)15-14-13(17-10-18-15)7-6-11(2)19-14/h6-7,10,12H,3-5,8-9H2,1-2H3. The molecule has 116 valence electrons. The van der Waals surface area contributed by atoms with Gasteiger partial charge in [0.2, 0.25) is 0 Å². The predicted octanol–water partition coefficient (Wildman–Crippen LogP) is 2.11. The van der Waals surface area contributed by atoms with E-state index in [-0.39, 0.29) is 11.9 Å². The molecular weight excluding hydrogens is 280 g/mol. The highest BCUT2D eigenvalue weighted by Gasteiger charge is 2.28. The zero-order valence-electron chi connectivity index (χ0n) is 13.0. The molecule has 0 spiro atoms. The van der Waals surface area contributed by atoms with Gasteiger partial charge in [-0.15, -0.1) is 0 Å². The molecule has 1 saturated heterocycles. The minimum absolute atomic E-state index is 0.0940. The number of ether oxygens (including phenoxy) is 1. The summed E-state index contributed by atoms with van der Waals surface area (Å²) in [6.07, 6.45) is 3.37. The summed E-state index contributed by atoms with van der Waals surface area (Å²) >= 11 is 0.